The van der Waals surface area contributed by atoms with Gasteiger partial charge >= 0.3 is 0 Å². The molecule has 2 aliphatic heterocycles. The SMILES string of the molecule is CCCCC1(CC)CS(=O)(=O)c2cc(CN3CCCC3C(O)O)c(OC)cc2C(c2ccccc2)N1. The van der Waals surface area contributed by atoms with Gasteiger partial charge in [0.05, 0.1) is 29.8 Å². The molecule has 3 unspecified atom stereocenters. The maximum Gasteiger partial charge on any atom is 0.180 e. The molecule has 2 aromatic carbocycles. The number of methoxy groups -OCH3 is 1. The van der Waals surface area contributed by atoms with Gasteiger partial charge in [-0.05, 0) is 55.5 Å². The number of sulfone groups is 1. The number of ether oxygens (including phenoxy) is 1. The Morgan fingerprint density at radius 3 is 2.58 bits per heavy atom. The lowest BCUT2D eigenvalue weighted by Gasteiger charge is -2.36. The molecule has 2 aromatic rings. The number of nitrogens with one attached hydrogen (secondary N) is 1. The molecule has 0 aliphatic carbocycles. The number of rotatable bonds is 9. The molecule has 3 atom stereocenters. The lowest BCUT2D eigenvalue weighted by molar-refractivity contribution is -0.0918. The van der Waals surface area contributed by atoms with Gasteiger partial charge in [-0.15, -0.1) is 0 Å². The molecule has 0 amide bonds. The summed E-state index contributed by atoms with van der Waals surface area (Å²) in [6.07, 6.45) is 3.56. The zero-order valence-corrected chi connectivity index (χ0v) is 22.4. The summed E-state index contributed by atoms with van der Waals surface area (Å²) in [5.41, 5.74) is 1.93. The van der Waals surface area contributed by atoms with Crippen molar-refractivity contribution in [2.75, 3.05) is 19.4 Å². The molecule has 1 saturated heterocycles. The predicted molar refractivity (Wildman–Crippen MR) is 141 cm³/mol. The molecule has 0 spiro atoms. The molecular weight excluding hydrogens is 476 g/mol. The highest BCUT2D eigenvalue weighted by Crippen LogP contribution is 2.41. The number of hydrogen-bond donors (Lipinski definition) is 3. The molecule has 8 heteroatoms. The van der Waals surface area contributed by atoms with Crippen LogP contribution in [0.1, 0.15) is 75.1 Å². The molecule has 0 saturated carbocycles. The quantitative estimate of drug-likeness (QED) is 0.436. The molecule has 3 N–H and O–H groups in total. The van der Waals surface area contributed by atoms with E-state index in [9.17, 15) is 18.6 Å². The van der Waals surface area contributed by atoms with Crippen LogP contribution >= 0.6 is 0 Å². The Hall–Kier alpha value is -1.97. The highest BCUT2D eigenvalue weighted by molar-refractivity contribution is 7.91. The first-order valence-corrected chi connectivity index (χ1v) is 14.7. The number of likely N-dealkylation sites (tertiary alicyclic amines) is 1. The number of fused-ring (bicyclic) bond motifs is 1. The average Bonchev–Trinajstić information content (AvgIpc) is 3.31. The van der Waals surface area contributed by atoms with E-state index in [1.165, 1.54) is 0 Å². The van der Waals surface area contributed by atoms with Crippen molar-refractivity contribution in [1.82, 2.24) is 10.2 Å². The first kappa shape index (κ1) is 27.1. The second-order valence-electron chi connectivity index (χ2n) is 10.3. The Morgan fingerprint density at radius 2 is 1.94 bits per heavy atom. The summed E-state index contributed by atoms with van der Waals surface area (Å²) in [6.45, 7) is 5.31. The Morgan fingerprint density at radius 1 is 1.19 bits per heavy atom. The summed E-state index contributed by atoms with van der Waals surface area (Å²) in [5.74, 6) is 0.655. The smallest absolute Gasteiger partial charge is 0.180 e. The molecule has 2 heterocycles. The molecule has 198 valence electrons. The first-order chi connectivity index (χ1) is 17.2. The lowest BCUT2D eigenvalue weighted by atomic mass is 9.88. The van der Waals surface area contributed by atoms with Crippen LogP contribution in [0.3, 0.4) is 0 Å². The second-order valence-corrected chi connectivity index (χ2v) is 12.2. The number of aliphatic hydroxyl groups is 2. The first-order valence-electron chi connectivity index (χ1n) is 13.1. The van der Waals surface area contributed by atoms with Crippen LogP contribution in [0.2, 0.25) is 0 Å². The fraction of sp³-hybridized carbons (Fsp3) is 0.571. The van der Waals surface area contributed by atoms with Crippen LogP contribution in [-0.4, -0.2) is 60.8 Å². The minimum Gasteiger partial charge on any atom is -0.496 e. The monoisotopic (exact) mass is 516 g/mol. The molecular formula is C28H40N2O5S. The molecule has 0 radical (unpaired) electrons. The van der Waals surface area contributed by atoms with E-state index in [-0.39, 0.29) is 17.8 Å². The number of unbranched alkanes of at least 4 members (excludes halogenated alkanes) is 1. The topological polar surface area (TPSA) is 99.1 Å². The molecule has 0 bridgehead atoms. The molecule has 4 rings (SSSR count). The third-order valence-corrected chi connectivity index (χ3v) is 9.88. The third-order valence-electron chi connectivity index (χ3n) is 7.93. The van der Waals surface area contributed by atoms with E-state index >= 15 is 0 Å². The Bertz CT molecular complexity index is 1140. The number of benzene rings is 2. The summed E-state index contributed by atoms with van der Waals surface area (Å²) >= 11 is 0. The van der Waals surface area contributed by atoms with Crippen LogP contribution < -0.4 is 10.1 Å². The minimum absolute atomic E-state index is 0.0420. The van der Waals surface area contributed by atoms with Gasteiger partial charge in [0.15, 0.2) is 16.1 Å². The highest BCUT2D eigenvalue weighted by Gasteiger charge is 2.42. The van der Waals surface area contributed by atoms with Crippen molar-refractivity contribution in [3.63, 3.8) is 0 Å². The van der Waals surface area contributed by atoms with Crippen LogP contribution in [0.4, 0.5) is 0 Å². The molecule has 36 heavy (non-hydrogen) atoms. The lowest BCUT2D eigenvalue weighted by Crippen LogP contribution is -2.50. The van der Waals surface area contributed by atoms with Crippen molar-refractivity contribution in [2.45, 2.75) is 87.7 Å². The molecule has 7 nitrogen and oxygen atoms in total. The second kappa shape index (κ2) is 11.2. The minimum atomic E-state index is -3.62. The summed E-state index contributed by atoms with van der Waals surface area (Å²) in [4.78, 5) is 2.34. The summed E-state index contributed by atoms with van der Waals surface area (Å²) in [5, 5.41) is 23.5. The third kappa shape index (κ3) is 5.48. The Kier molecular flexibility index (Phi) is 8.42. The van der Waals surface area contributed by atoms with E-state index in [4.69, 9.17) is 4.74 Å². The van der Waals surface area contributed by atoms with E-state index in [0.717, 1.165) is 43.4 Å². The fourth-order valence-electron chi connectivity index (χ4n) is 5.85. The van der Waals surface area contributed by atoms with Crippen LogP contribution in [0.5, 0.6) is 5.75 Å². The van der Waals surface area contributed by atoms with E-state index < -0.39 is 21.7 Å². The summed E-state index contributed by atoms with van der Waals surface area (Å²) in [7, 11) is -2.02. The van der Waals surface area contributed by atoms with Crippen molar-refractivity contribution >= 4 is 9.84 Å². The summed E-state index contributed by atoms with van der Waals surface area (Å²) in [6, 6.07) is 13.0. The van der Waals surface area contributed by atoms with Gasteiger partial charge < -0.3 is 14.9 Å². The van der Waals surface area contributed by atoms with Crippen molar-refractivity contribution < 1.29 is 23.4 Å². The van der Waals surface area contributed by atoms with Gasteiger partial charge in [-0.2, -0.15) is 0 Å². The maximum absolute atomic E-state index is 14.0. The van der Waals surface area contributed by atoms with Crippen molar-refractivity contribution in [3.05, 3.63) is 59.2 Å². The Labute approximate surface area is 215 Å². The van der Waals surface area contributed by atoms with Gasteiger partial charge in [0.1, 0.15) is 5.75 Å². The highest BCUT2D eigenvalue weighted by atomic mass is 32.2. The number of nitrogens with zero attached hydrogens (tertiary/aromatic N) is 1. The van der Waals surface area contributed by atoms with E-state index in [2.05, 4.69) is 19.2 Å². The zero-order valence-electron chi connectivity index (χ0n) is 21.6. The van der Waals surface area contributed by atoms with Gasteiger partial charge in [-0.3, -0.25) is 10.2 Å². The van der Waals surface area contributed by atoms with E-state index in [1.807, 2.05) is 41.3 Å². The van der Waals surface area contributed by atoms with E-state index in [0.29, 0.717) is 35.6 Å². The largest absolute Gasteiger partial charge is 0.496 e. The van der Waals surface area contributed by atoms with Gasteiger partial charge in [0.2, 0.25) is 0 Å². The van der Waals surface area contributed by atoms with Crippen molar-refractivity contribution in [2.24, 2.45) is 0 Å². The van der Waals surface area contributed by atoms with Crippen molar-refractivity contribution in [3.8, 4) is 5.75 Å². The van der Waals surface area contributed by atoms with Gasteiger partial charge in [-0.1, -0.05) is 57.0 Å². The maximum atomic E-state index is 14.0. The molecule has 2 aliphatic rings. The van der Waals surface area contributed by atoms with Crippen LogP contribution in [-0.2, 0) is 16.4 Å². The Balaban J connectivity index is 1.85. The fourth-order valence-corrected chi connectivity index (χ4v) is 8.02. The average molecular weight is 517 g/mol. The molecule has 0 aromatic heterocycles. The van der Waals surface area contributed by atoms with Gasteiger partial charge in [0, 0.05) is 17.6 Å². The predicted octanol–water partition coefficient (Wildman–Crippen LogP) is 3.78. The normalized spacial score (nSPS) is 26.1. The van der Waals surface area contributed by atoms with Crippen LogP contribution in [0, 0.1) is 0 Å². The number of hydrogen-bond acceptors (Lipinski definition) is 7. The van der Waals surface area contributed by atoms with Crippen LogP contribution in [0.25, 0.3) is 0 Å². The standard InChI is InChI=1S/C28H40N2O5S/c1-4-6-14-28(5-2)19-36(33,34)25-16-21(18-30-15-10-13-23(30)27(31)32)24(35-3)17-22(25)26(29-28)20-11-8-7-9-12-20/h7-9,11-12,16-17,23,26-27,29,31-32H,4-6,10,13-15,18-19H2,1-3H3. The van der Waals surface area contributed by atoms with Crippen LogP contribution in [0.15, 0.2) is 47.4 Å². The molecule has 1 fully saturated rings. The van der Waals surface area contributed by atoms with Crippen molar-refractivity contribution in [1.29, 1.82) is 0 Å². The zero-order chi connectivity index (χ0) is 25.9. The summed E-state index contributed by atoms with van der Waals surface area (Å²) < 4.78 is 33.8. The number of aliphatic hydroxyl groups excluding tert-OH is 1. The van der Waals surface area contributed by atoms with Gasteiger partial charge in [-0.25, -0.2) is 8.42 Å². The van der Waals surface area contributed by atoms with E-state index in [1.54, 1.807) is 13.2 Å². The van der Waals surface area contributed by atoms with Gasteiger partial charge in [0.25, 0.3) is 0 Å².